The smallest absolute Gasteiger partial charge is 0.200 e. The Labute approximate surface area is 126 Å². The minimum atomic E-state index is -2.25. The fourth-order valence-electron chi connectivity index (χ4n) is 1.54. The Balaban J connectivity index is 2.24. The minimum absolute atomic E-state index is 0.0239. The maximum Gasteiger partial charge on any atom is 0.200 e. The van der Waals surface area contributed by atoms with Crippen molar-refractivity contribution in [2.45, 2.75) is 0 Å². The third kappa shape index (κ3) is 3.08. The highest BCUT2D eigenvalue weighted by atomic mass is 32.1. The molecule has 22 heavy (non-hydrogen) atoms. The highest BCUT2D eigenvalue weighted by molar-refractivity contribution is 7.80. The Kier molecular flexibility index (Phi) is 4.45. The molecule has 3 nitrogen and oxygen atoms in total. The van der Waals surface area contributed by atoms with E-state index < -0.39 is 39.9 Å². The summed E-state index contributed by atoms with van der Waals surface area (Å²) in [6.07, 6.45) is 0. The summed E-state index contributed by atoms with van der Waals surface area (Å²) in [5.74, 6) is -10.5. The molecule has 0 fully saturated rings. The summed E-state index contributed by atoms with van der Waals surface area (Å²) in [4.78, 5) is 0. The zero-order valence-corrected chi connectivity index (χ0v) is 11.4. The highest BCUT2D eigenvalue weighted by Crippen LogP contribution is 2.27. The van der Waals surface area contributed by atoms with Crippen LogP contribution in [0.4, 0.5) is 33.3 Å². The Morgan fingerprint density at radius 3 is 1.73 bits per heavy atom. The van der Waals surface area contributed by atoms with Gasteiger partial charge in [-0.1, -0.05) is 0 Å². The summed E-state index contributed by atoms with van der Waals surface area (Å²) < 4.78 is 65.9. The number of phenols is 1. The monoisotopic (exact) mass is 334 g/mol. The fourth-order valence-corrected chi connectivity index (χ4v) is 1.76. The number of benzene rings is 2. The first kappa shape index (κ1) is 16.0. The van der Waals surface area contributed by atoms with Crippen molar-refractivity contribution in [1.82, 2.24) is 0 Å². The number of hydrogen-bond donors (Lipinski definition) is 3. The number of phenolic OH excluding ortho intramolecular Hbond substituents is 1. The van der Waals surface area contributed by atoms with Gasteiger partial charge in [0.05, 0.1) is 0 Å². The molecule has 0 unspecified atom stereocenters. The number of halogens is 5. The number of rotatable bonds is 2. The maximum atomic E-state index is 13.5. The summed E-state index contributed by atoms with van der Waals surface area (Å²) in [6, 6.07) is 5.40. The van der Waals surface area contributed by atoms with Gasteiger partial charge < -0.3 is 15.7 Å². The van der Waals surface area contributed by atoms with Gasteiger partial charge in [0.1, 0.15) is 11.4 Å². The van der Waals surface area contributed by atoms with Gasteiger partial charge in [-0.25, -0.2) is 22.0 Å². The van der Waals surface area contributed by atoms with Crippen LogP contribution in [0.1, 0.15) is 0 Å². The maximum absolute atomic E-state index is 13.5. The molecule has 0 bridgehead atoms. The van der Waals surface area contributed by atoms with E-state index in [1.165, 1.54) is 24.3 Å². The van der Waals surface area contributed by atoms with Crippen LogP contribution in [-0.4, -0.2) is 10.2 Å². The van der Waals surface area contributed by atoms with Crippen LogP contribution in [0.2, 0.25) is 0 Å². The standard InChI is InChI=1S/C13H7F5N2OS/c14-7-8(15)10(17)12(11(18)9(7)16)20-13(22)19-5-1-3-6(21)4-2-5/h1-4,21H,(H2,19,20,22). The van der Waals surface area contributed by atoms with Gasteiger partial charge in [0, 0.05) is 5.69 Å². The van der Waals surface area contributed by atoms with Gasteiger partial charge in [0.2, 0.25) is 5.82 Å². The van der Waals surface area contributed by atoms with E-state index in [4.69, 9.17) is 17.3 Å². The minimum Gasteiger partial charge on any atom is -0.508 e. The van der Waals surface area contributed by atoms with Crippen LogP contribution < -0.4 is 10.6 Å². The molecule has 0 spiro atoms. The normalized spacial score (nSPS) is 10.4. The lowest BCUT2D eigenvalue weighted by atomic mass is 10.2. The van der Waals surface area contributed by atoms with Crippen molar-refractivity contribution in [3.05, 3.63) is 53.4 Å². The second kappa shape index (κ2) is 6.14. The molecule has 0 amide bonds. The second-order valence-electron chi connectivity index (χ2n) is 4.07. The van der Waals surface area contributed by atoms with Crippen LogP contribution in [0.5, 0.6) is 5.75 Å². The lowest BCUT2D eigenvalue weighted by Crippen LogP contribution is -2.22. The summed E-state index contributed by atoms with van der Waals surface area (Å²) in [6.45, 7) is 0. The quantitative estimate of drug-likeness (QED) is 0.256. The number of hydrogen-bond acceptors (Lipinski definition) is 2. The van der Waals surface area contributed by atoms with E-state index in [0.29, 0.717) is 5.69 Å². The zero-order chi connectivity index (χ0) is 16.4. The Morgan fingerprint density at radius 2 is 1.23 bits per heavy atom. The molecule has 3 N–H and O–H groups in total. The average Bonchev–Trinajstić information content (AvgIpc) is 2.50. The number of thiocarbonyl (C=S) groups is 1. The van der Waals surface area contributed by atoms with Crippen molar-refractivity contribution in [3.8, 4) is 5.75 Å². The van der Waals surface area contributed by atoms with E-state index in [-0.39, 0.29) is 5.75 Å². The molecular formula is C13H7F5N2OS. The van der Waals surface area contributed by atoms with Crippen LogP contribution in [0, 0.1) is 29.1 Å². The van der Waals surface area contributed by atoms with Crippen LogP contribution in [0.25, 0.3) is 0 Å². The molecule has 0 atom stereocenters. The summed E-state index contributed by atoms with van der Waals surface area (Å²) in [5, 5.41) is 13.1. The number of anilines is 2. The largest absolute Gasteiger partial charge is 0.508 e. The van der Waals surface area contributed by atoms with Crippen molar-refractivity contribution in [2.24, 2.45) is 0 Å². The van der Waals surface area contributed by atoms with Gasteiger partial charge >= 0.3 is 0 Å². The Bertz CT molecular complexity index is 707. The third-order valence-corrected chi connectivity index (χ3v) is 2.78. The van der Waals surface area contributed by atoms with E-state index in [1.807, 2.05) is 5.32 Å². The average molecular weight is 334 g/mol. The molecular weight excluding hydrogens is 327 g/mol. The Morgan fingerprint density at radius 1 is 0.773 bits per heavy atom. The molecule has 0 aromatic heterocycles. The lowest BCUT2D eigenvalue weighted by molar-refractivity contribution is 0.382. The van der Waals surface area contributed by atoms with Gasteiger partial charge in [0.15, 0.2) is 28.4 Å². The molecule has 2 aromatic rings. The van der Waals surface area contributed by atoms with Crippen molar-refractivity contribution >= 4 is 28.7 Å². The van der Waals surface area contributed by atoms with E-state index >= 15 is 0 Å². The van der Waals surface area contributed by atoms with E-state index in [9.17, 15) is 22.0 Å². The first-order valence-electron chi connectivity index (χ1n) is 5.69. The summed E-state index contributed by atoms with van der Waals surface area (Å²) >= 11 is 4.73. The molecule has 0 radical (unpaired) electrons. The molecule has 0 saturated carbocycles. The van der Waals surface area contributed by atoms with Crippen molar-refractivity contribution in [3.63, 3.8) is 0 Å². The first-order valence-corrected chi connectivity index (χ1v) is 6.10. The highest BCUT2D eigenvalue weighted by Gasteiger charge is 2.26. The summed E-state index contributed by atoms with van der Waals surface area (Å²) in [5.41, 5.74) is -0.924. The molecule has 9 heteroatoms. The topological polar surface area (TPSA) is 44.3 Å². The van der Waals surface area contributed by atoms with Crippen molar-refractivity contribution < 1.29 is 27.1 Å². The number of aromatic hydroxyl groups is 1. The van der Waals surface area contributed by atoms with Crippen LogP contribution in [0.15, 0.2) is 24.3 Å². The SMILES string of the molecule is Oc1ccc(NC(=S)Nc2c(F)c(F)c(F)c(F)c2F)cc1. The predicted molar refractivity (Wildman–Crippen MR) is 74.2 cm³/mol. The van der Waals surface area contributed by atoms with Crippen LogP contribution in [0.3, 0.4) is 0 Å². The van der Waals surface area contributed by atoms with Crippen LogP contribution >= 0.6 is 12.2 Å². The third-order valence-electron chi connectivity index (χ3n) is 2.57. The molecule has 0 saturated heterocycles. The summed E-state index contributed by atoms with van der Waals surface area (Å²) in [7, 11) is 0. The first-order chi connectivity index (χ1) is 10.3. The predicted octanol–water partition coefficient (Wildman–Crippen LogP) is 3.90. The molecule has 2 rings (SSSR count). The molecule has 116 valence electrons. The van der Waals surface area contributed by atoms with E-state index in [2.05, 4.69) is 5.32 Å². The molecule has 0 aliphatic rings. The molecule has 0 aliphatic heterocycles. The van der Waals surface area contributed by atoms with Crippen molar-refractivity contribution in [1.29, 1.82) is 0 Å². The van der Waals surface area contributed by atoms with E-state index in [0.717, 1.165) is 0 Å². The number of nitrogens with one attached hydrogen (secondary N) is 2. The van der Waals surface area contributed by atoms with Crippen molar-refractivity contribution in [2.75, 3.05) is 10.6 Å². The molecule has 0 heterocycles. The van der Waals surface area contributed by atoms with Gasteiger partial charge in [-0.3, -0.25) is 0 Å². The lowest BCUT2D eigenvalue weighted by Gasteiger charge is -2.13. The van der Waals surface area contributed by atoms with Gasteiger partial charge in [-0.15, -0.1) is 0 Å². The van der Waals surface area contributed by atoms with Gasteiger partial charge in [-0.05, 0) is 36.5 Å². The molecule has 2 aromatic carbocycles. The Hall–Kier alpha value is -2.42. The van der Waals surface area contributed by atoms with E-state index in [1.54, 1.807) is 0 Å². The second-order valence-corrected chi connectivity index (χ2v) is 4.48. The zero-order valence-electron chi connectivity index (χ0n) is 10.6. The molecule has 0 aliphatic carbocycles. The fraction of sp³-hybridized carbons (Fsp3) is 0. The van der Waals surface area contributed by atoms with Gasteiger partial charge in [-0.2, -0.15) is 0 Å². The van der Waals surface area contributed by atoms with Gasteiger partial charge in [0.25, 0.3) is 0 Å². The van der Waals surface area contributed by atoms with Crippen LogP contribution in [-0.2, 0) is 0 Å².